The zero-order valence-corrected chi connectivity index (χ0v) is 14.0. The summed E-state index contributed by atoms with van der Waals surface area (Å²) in [5.41, 5.74) is 2.87. The van der Waals surface area contributed by atoms with Crippen molar-refractivity contribution in [2.75, 3.05) is 25.5 Å². The van der Waals surface area contributed by atoms with Gasteiger partial charge in [-0.15, -0.1) is 0 Å². The van der Waals surface area contributed by atoms with Gasteiger partial charge in [-0.2, -0.15) is 4.31 Å². The second-order valence-corrected chi connectivity index (χ2v) is 7.65. The standard InChI is InChI=1S/C16H20N4O2S/c1-12-8-14(17-2)9-16(19-12)13-5-7-20(11-13)23(21,22)15-4-3-6-18-10-15/h3-4,6,8-10,13H,5,7,11H2,1-2H3,(H,17,19)/t13-/m0/s1. The number of pyridine rings is 2. The third kappa shape index (κ3) is 3.20. The van der Waals surface area contributed by atoms with Gasteiger partial charge in [0.15, 0.2) is 0 Å². The Labute approximate surface area is 136 Å². The van der Waals surface area contributed by atoms with Crippen molar-refractivity contribution in [3.05, 3.63) is 48.0 Å². The average Bonchev–Trinajstić information content (AvgIpc) is 3.06. The molecule has 0 aromatic carbocycles. The van der Waals surface area contributed by atoms with Gasteiger partial charge in [-0.05, 0) is 37.6 Å². The Morgan fingerprint density at radius 3 is 2.87 bits per heavy atom. The number of nitrogens with zero attached hydrogens (tertiary/aromatic N) is 3. The van der Waals surface area contributed by atoms with Crippen molar-refractivity contribution in [2.24, 2.45) is 0 Å². The van der Waals surface area contributed by atoms with E-state index in [0.717, 1.165) is 23.5 Å². The molecule has 1 aliphatic heterocycles. The number of aromatic nitrogens is 2. The highest BCUT2D eigenvalue weighted by Gasteiger charge is 2.34. The van der Waals surface area contributed by atoms with Crippen LogP contribution >= 0.6 is 0 Å². The molecular formula is C16H20N4O2S. The number of hydrogen-bond acceptors (Lipinski definition) is 5. The molecule has 1 N–H and O–H groups in total. The molecule has 0 saturated carbocycles. The van der Waals surface area contributed by atoms with Crippen molar-refractivity contribution in [2.45, 2.75) is 24.2 Å². The molecule has 1 saturated heterocycles. The molecule has 7 heteroatoms. The maximum absolute atomic E-state index is 12.7. The molecule has 23 heavy (non-hydrogen) atoms. The number of hydrogen-bond donors (Lipinski definition) is 1. The van der Waals surface area contributed by atoms with Crippen LogP contribution in [0.15, 0.2) is 41.6 Å². The number of rotatable bonds is 4. The first kappa shape index (κ1) is 15.9. The highest BCUT2D eigenvalue weighted by atomic mass is 32.2. The fourth-order valence-corrected chi connectivity index (χ4v) is 4.35. The number of nitrogens with one attached hydrogen (secondary N) is 1. The lowest BCUT2D eigenvalue weighted by atomic mass is 10.0. The molecule has 2 aromatic rings. The van der Waals surface area contributed by atoms with E-state index in [1.807, 2.05) is 26.1 Å². The minimum atomic E-state index is -3.48. The van der Waals surface area contributed by atoms with Gasteiger partial charge in [-0.25, -0.2) is 8.42 Å². The summed E-state index contributed by atoms with van der Waals surface area (Å²) in [5.74, 6) is 0.119. The van der Waals surface area contributed by atoms with Crippen molar-refractivity contribution in [3.63, 3.8) is 0 Å². The van der Waals surface area contributed by atoms with Crippen molar-refractivity contribution in [1.82, 2.24) is 14.3 Å². The van der Waals surface area contributed by atoms with E-state index >= 15 is 0 Å². The predicted octanol–water partition coefficient (Wildman–Crippen LogP) is 2.00. The maximum atomic E-state index is 12.7. The first-order valence-electron chi connectivity index (χ1n) is 7.57. The number of aryl methyl sites for hydroxylation is 1. The molecule has 0 unspecified atom stereocenters. The summed E-state index contributed by atoms with van der Waals surface area (Å²) >= 11 is 0. The normalized spacial score (nSPS) is 19.0. The molecule has 3 rings (SSSR count). The van der Waals surface area contributed by atoms with Gasteiger partial charge < -0.3 is 5.32 Å². The molecule has 6 nitrogen and oxygen atoms in total. The highest BCUT2D eigenvalue weighted by Crippen LogP contribution is 2.31. The summed E-state index contributed by atoms with van der Waals surface area (Å²) in [7, 11) is -1.61. The largest absolute Gasteiger partial charge is 0.388 e. The minimum absolute atomic E-state index is 0.119. The fourth-order valence-electron chi connectivity index (χ4n) is 2.88. The first-order valence-corrected chi connectivity index (χ1v) is 9.01. The molecule has 3 heterocycles. The van der Waals surface area contributed by atoms with E-state index in [0.29, 0.717) is 13.1 Å². The molecular weight excluding hydrogens is 312 g/mol. The quantitative estimate of drug-likeness (QED) is 0.927. The van der Waals surface area contributed by atoms with Crippen LogP contribution in [0.3, 0.4) is 0 Å². The molecule has 1 fully saturated rings. The SMILES string of the molecule is CNc1cc(C)nc([C@H]2CCN(S(=O)(=O)c3cccnc3)C2)c1. The molecule has 0 bridgehead atoms. The van der Waals surface area contributed by atoms with Gasteiger partial charge in [-0.3, -0.25) is 9.97 Å². The summed E-state index contributed by atoms with van der Waals surface area (Å²) in [6, 6.07) is 7.20. The predicted molar refractivity (Wildman–Crippen MR) is 88.9 cm³/mol. The Morgan fingerprint density at radius 1 is 1.35 bits per heavy atom. The topological polar surface area (TPSA) is 75.2 Å². The van der Waals surface area contributed by atoms with E-state index in [-0.39, 0.29) is 10.8 Å². The molecule has 1 atom stereocenters. The van der Waals surface area contributed by atoms with E-state index in [1.165, 1.54) is 10.5 Å². The van der Waals surface area contributed by atoms with Crippen LogP contribution in [0.4, 0.5) is 5.69 Å². The van der Waals surface area contributed by atoms with Crippen LogP contribution in [0.2, 0.25) is 0 Å². The summed E-state index contributed by atoms with van der Waals surface area (Å²) in [6.07, 6.45) is 3.74. The van der Waals surface area contributed by atoms with Crippen molar-refractivity contribution in [1.29, 1.82) is 0 Å². The molecule has 0 spiro atoms. The van der Waals surface area contributed by atoms with Crippen molar-refractivity contribution < 1.29 is 8.42 Å². The first-order chi connectivity index (χ1) is 11.0. The zero-order chi connectivity index (χ0) is 16.4. The third-order valence-electron chi connectivity index (χ3n) is 4.10. The van der Waals surface area contributed by atoms with Crippen LogP contribution in [-0.4, -0.2) is 42.8 Å². The van der Waals surface area contributed by atoms with Crippen molar-refractivity contribution in [3.8, 4) is 0 Å². The number of sulfonamides is 1. The van der Waals surface area contributed by atoms with Gasteiger partial charge >= 0.3 is 0 Å². The van der Waals surface area contributed by atoms with Crippen LogP contribution < -0.4 is 5.32 Å². The van der Waals surface area contributed by atoms with E-state index < -0.39 is 10.0 Å². The maximum Gasteiger partial charge on any atom is 0.244 e. The third-order valence-corrected chi connectivity index (χ3v) is 5.95. The Morgan fingerprint density at radius 2 is 2.17 bits per heavy atom. The minimum Gasteiger partial charge on any atom is -0.388 e. The second kappa shape index (κ2) is 6.25. The lowest BCUT2D eigenvalue weighted by molar-refractivity contribution is 0.472. The summed E-state index contributed by atoms with van der Waals surface area (Å²) in [5, 5.41) is 3.12. The summed E-state index contributed by atoms with van der Waals surface area (Å²) in [6.45, 7) is 2.91. The monoisotopic (exact) mass is 332 g/mol. The van der Waals surface area contributed by atoms with Gasteiger partial charge in [0.1, 0.15) is 4.90 Å². The smallest absolute Gasteiger partial charge is 0.244 e. The van der Waals surface area contributed by atoms with Gasteiger partial charge in [0, 0.05) is 55.5 Å². The second-order valence-electron chi connectivity index (χ2n) is 5.71. The average molecular weight is 332 g/mol. The Bertz CT molecular complexity index is 793. The molecule has 1 aliphatic rings. The van der Waals surface area contributed by atoms with E-state index in [1.54, 1.807) is 18.3 Å². The molecule has 122 valence electrons. The Hall–Kier alpha value is -1.99. The lowest BCUT2D eigenvalue weighted by Gasteiger charge is -2.16. The summed E-state index contributed by atoms with van der Waals surface area (Å²) < 4.78 is 26.8. The highest BCUT2D eigenvalue weighted by molar-refractivity contribution is 7.89. The fraction of sp³-hybridized carbons (Fsp3) is 0.375. The Balaban J connectivity index is 1.83. The van der Waals surface area contributed by atoms with Gasteiger partial charge in [0.05, 0.1) is 0 Å². The van der Waals surface area contributed by atoms with Crippen molar-refractivity contribution >= 4 is 15.7 Å². The number of anilines is 1. The van der Waals surface area contributed by atoms with Gasteiger partial charge in [0.25, 0.3) is 0 Å². The van der Waals surface area contributed by atoms with E-state index in [4.69, 9.17) is 0 Å². The summed E-state index contributed by atoms with van der Waals surface area (Å²) in [4.78, 5) is 8.73. The van der Waals surface area contributed by atoms with Gasteiger partial charge in [0.2, 0.25) is 10.0 Å². The van der Waals surface area contributed by atoms with Crippen LogP contribution in [0, 0.1) is 6.92 Å². The van der Waals surface area contributed by atoms with Gasteiger partial charge in [-0.1, -0.05) is 0 Å². The molecule has 0 radical (unpaired) electrons. The van der Waals surface area contributed by atoms with Crippen LogP contribution in [0.1, 0.15) is 23.7 Å². The van der Waals surface area contributed by atoms with E-state index in [9.17, 15) is 8.42 Å². The molecule has 0 amide bonds. The Kier molecular flexibility index (Phi) is 4.32. The van der Waals surface area contributed by atoms with E-state index in [2.05, 4.69) is 15.3 Å². The van der Waals surface area contributed by atoms with Crippen LogP contribution in [0.5, 0.6) is 0 Å². The van der Waals surface area contributed by atoms with Crippen LogP contribution in [0.25, 0.3) is 0 Å². The van der Waals surface area contributed by atoms with Crippen LogP contribution in [-0.2, 0) is 10.0 Å². The molecule has 2 aromatic heterocycles. The molecule has 0 aliphatic carbocycles. The zero-order valence-electron chi connectivity index (χ0n) is 13.2. The lowest BCUT2D eigenvalue weighted by Crippen LogP contribution is -2.28.